The SMILES string of the molecule is O=C(C#Cc1ccccc1Cl)c1nnn(Cc2cc(C(F)(F)F)cc(C(F)(F)F)c2)c1-c1cccnc1. The standard InChI is InChI=1S/C25H13ClF6N4O/c26-20-6-2-1-4-16(20)7-8-21(37)22-23(17-5-3-9-33-13-17)36(35-34-22)14-15-10-18(24(27,28)29)12-19(11-15)25(30,31)32/h1-6,9-13H,14H2. The normalized spacial score (nSPS) is 11.6. The van der Waals surface area contributed by atoms with Crippen LogP contribution in [0.5, 0.6) is 0 Å². The molecule has 0 bridgehead atoms. The van der Waals surface area contributed by atoms with Gasteiger partial charge in [0, 0.05) is 23.5 Å². The first-order valence-electron chi connectivity index (χ1n) is 10.4. The number of carbonyl (C=O) groups excluding carboxylic acids is 1. The molecule has 0 aliphatic rings. The van der Waals surface area contributed by atoms with E-state index in [1.807, 2.05) is 0 Å². The smallest absolute Gasteiger partial charge is 0.277 e. The van der Waals surface area contributed by atoms with Crippen LogP contribution in [-0.2, 0) is 18.9 Å². The van der Waals surface area contributed by atoms with Crippen molar-refractivity contribution in [2.45, 2.75) is 18.9 Å². The number of hydrogen-bond acceptors (Lipinski definition) is 4. The molecule has 37 heavy (non-hydrogen) atoms. The molecular weight excluding hydrogens is 522 g/mol. The highest BCUT2D eigenvalue weighted by Gasteiger charge is 2.37. The molecule has 12 heteroatoms. The second-order valence-electron chi connectivity index (χ2n) is 7.66. The number of alkyl halides is 6. The molecule has 0 fully saturated rings. The van der Waals surface area contributed by atoms with Crippen molar-refractivity contribution in [2.75, 3.05) is 0 Å². The minimum absolute atomic E-state index is 0.0255. The van der Waals surface area contributed by atoms with E-state index in [9.17, 15) is 31.1 Å². The fraction of sp³-hybridized carbons (Fsp3) is 0.120. The van der Waals surface area contributed by atoms with Gasteiger partial charge in [-0.15, -0.1) is 5.10 Å². The summed E-state index contributed by atoms with van der Waals surface area (Å²) in [5.74, 6) is 4.23. The summed E-state index contributed by atoms with van der Waals surface area (Å²) in [6.07, 6.45) is -7.24. The van der Waals surface area contributed by atoms with Crippen molar-refractivity contribution in [1.82, 2.24) is 20.0 Å². The third-order valence-corrected chi connectivity index (χ3v) is 5.38. The zero-order valence-electron chi connectivity index (χ0n) is 18.4. The van der Waals surface area contributed by atoms with Gasteiger partial charge in [-0.3, -0.25) is 9.78 Å². The van der Waals surface area contributed by atoms with Crippen LogP contribution in [0.3, 0.4) is 0 Å². The molecule has 0 aliphatic heterocycles. The Bertz CT molecular complexity index is 1490. The molecule has 4 rings (SSSR count). The number of nitrogens with zero attached hydrogens (tertiary/aromatic N) is 4. The zero-order chi connectivity index (χ0) is 26.8. The van der Waals surface area contributed by atoms with Crippen LogP contribution in [0.4, 0.5) is 26.3 Å². The number of aromatic nitrogens is 4. The topological polar surface area (TPSA) is 60.7 Å². The van der Waals surface area contributed by atoms with Crippen LogP contribution in [0.2, 0.25) is 5.02 Å². The van der Waals surface area contributed by atoms with Gasteiger partial charge in [0.05, 0.1) is 22.7 Å². The predicted molar refractivity (Wildman–Crippen MR) is 121 cm³/mol. The molecule has 188 valence electrons. The lowest BCUT2D eigenvalue weighted by Gasteiger charge is -2.15. The van der Waals surface area contributed by atoms with E-state index >= 15 is 0 Å². The fourth-order valence-corrected chi connectivity index (χ4v) is 3.58. The van der Waals surface area contributed by atoms with E-state index in [2.05, 4.69) is 27.1 Å². The largest absolute Gasteiger partial charge is 0.416 e. The highest BCUT2D eigenvalue weighted by Crippen LogP contribution is 2.36. The van der Waals surface area contributed by atoms with E-state index in [0.717, 1.165) is 4.68 Å². The Morgan fingerprint density at radius 1 is 0.946 bits per heavy atom. The van der Waals surface area contributed by atoms with Crippen LogP contribution in [0.25, 0.3) is 11.3 Å². The van der Waals surface area contributed by atoms with E-state index < -0.39 is 35.8 Å². The molecule has 0 amide bonds. The summed E-state index contributed by atoms with van der Waals surface area (Å²) in [4.78, 5) is 16.9. The molecule has 4 aromatic rings. The Labute approximate surface area is 210 Å². The summed E-state index contributed by atoms with van der Waals surface area (Å²) in [7, 11) is 0. The molecule has 0 unspecified atom stereocenters. The number of Topliss-reactive ketones (excluding diaryl/α,β-unsaturated/α-hetero) is 1. The molecule has 2 aromatic carbocycles. The van der Waals surface area contributed by atoms with Gasteiger partial charge in [-0.05, 0) is 53.9 Å². The van der Waals surface area contributed by atoms with Crippen LogP contribution in [0.1, 0.15) is 32.7 Å². The van der Waals surface area contributed by atoms with Gasteiger partial charge >= 0.3 is 12.4 Å². The molecule has 0 saturated carbocycles. The maximum absolute atomic E-state index is 13.3. The maximum atomic E-state index is 13.3. The maximum Gasteiger partial charge on any atom is 0.416 e. The third kappa shape index (κ3) is 5.98. The van der Waals surface area contributed by atoms with Crippen LogP contribution < -0.4 is 0 Å². The van der Waals surface area contributed by atoms with Crippen molar-refractivity contribution in [3.8, 4) is 23.1 Å². The van der Waals surface area contributed by atoms with E-state index in [1.165, 1.54) is 24.5 Å². The van der Waals surface area contributed by atoms with Gasteiger partial charge in [-0.25, -0.2) is 4.68 Å². The molecule has 2 heterocycles. The van der Waals surface area contributed by atoms with Gasteiger partial charge in [0.1, 0.15) is 5.69 Å². The Kier molecular flexibility index (Phi) is 7.05. The van der Waals surface area contributed by atoms with Gasteiger partial charge < -0.3 is 0 Å². The van der Waals surface area contributed by atoms with E-state index in [0.29, 0.717) is 28.3 Å². The summed E-state index contributed by atoms with van der Waals surface area (Å²) < 4.78 is 80.8. The number of hydrogen-bond donors (Lipinski definition) is 0. The van der Waals surface area contributed by atoms with Crippen LogP contribution in [-0.4, -0.2) is 25.8 Å². The third-order valence-electron chi connectivity index (χ3n) is 5.05. The lowest BCUT2D eigenvalue weighted by molar-refractivity contribution is -0.143. The second kappa shape index (κ2) is 10.1. The minimum Gasteiger partial charge on any atom is -0.277 e. The van der Waals surface area contributed by atoms with Crippen LogP contribution in [0.15, 0.2) is 67.0 Å². The van der Waals surface area contributed by atoms with Crippen molar-refractivity contribution in [3.63, 3.8) is 0 Å². The van der Waals surface area contributed by atoms with E-state index in [-0.39, 0.29) is 23.0 Å². The molecule has 0 spiro atoms. The highest BCUT2D eigenvalue weighted by atomic mass is 35.5. The summed E-state index contributed by atoms with van der Waals surface area (Å²) >= 11 is 6.05. The second-order valence-corrected chi connectivity index (χ2v) is 8.07. The first kappa shape index (κ1) is 25.9. The molecule has 2 aromatic heterocycles. The summed E-state index contributed by atoms with van der Waals surface area (Å²) in [6, 6.07) is 10.8. The number of carbonyl (C=O) groups is 1. The average molecular weight is 535 g/mol. The van der Waals surface area contributed by atoms with Crippen molar-refractivity contribution >= 4 is 17.4 Å². The molecule has 5 nitrogen and oxygen atoms in total. The van der Waals surface area contributed by atoms with Gasteiger partial charge in [-0.2, -0.15) is 26.3 Å². The van der Waals surface area contributed by atoms with Gasteiger partial charge in [-0.1, -0.05) is 34.9 Å². The number of pyridine rings is 1. The highest BCUT2D eigenvalue weighted by molar-refractivity contribution is 6.31. The van der Waals surface area contributed by atoms with Gasteiger partial charge in [0.2, 0.25) is 0 Å². The van der Waals surface area contributed by atoms with Crippen molar-refractivity contribution in [2.24, 2.45) is 0 Å². The van der Waals surface area contributed by atoms with Gasteiger partial charge in [0.15, 0.2) is 5.69 Å². The monoisotopic (exact) mass is 534 g/mol. The minimum atomic E-state index is -5.01. The number of benzene rings is 2. The molecule has 0 saturated heterocycles. The van der Waals surface area contributed by atoms with Crippen molar-refractivity contribution in [1.29, 1.82) is 0 Å². The van der Waals surface area contributed by atoms with Crippen molar-refractivity contribution in [3.05, 3.63) is 100.0 Å². The predicted octanol–water partition coefficient (Wildman–Crippen LogP) is 6.31. The molecule has 0 atom stereocenters. The summed E-state index contributed by atoms with van der Waals surface area (Å²) in [6.45, 7) is -0.546. The lowest BCUT2D eigenvalue weighted by Crippen LogP contribution is -2.13. The number of ketones is 1. The van der Waals surface area contributed by atoms with E-state index in [1.54, 1.807) is 24.3 Å². The number of rotatable bonds is 4. The summed E-state index contributed by atoms with van der Waals surface area (Å²) in [5, 5.41) is 7.96. The Balaban J connectivity index is 1.79. The Morgan fingerprint density at radius 3 is 2.22 bits per heavy atom. The quantitative estimate of drug-likeness (QED) is 0.175. The van der Waals surface area contributed by atoms with Crippen LogP contribution in [0, 0.1) is 11.8 Å². The first-order valence-corrected chi connectivity index (χ1v) is 10.7. The van der Waals surface area contributed by atoms with Crippen molar-refractivity contribution < 1.29 is 31.1 Å². The Hall–Kier alpha value is -4.17. The first-order chi connectivity index (χ1) is 17.4. The lowest BCUT2D eigenvalue weighted by atomic mass is 10.0. The van der Waals surface area contributed by atoms with E-state index in [4.69, 9.17) is 11.6 Å². The Morgan fingerprint density at radius 2 is 1.62 bits per heavy atom. The average Bonchev–Trinajstić information content (AvgIpc) is 3.26. The molecule has 0 radical (unpaired) electrons. The molecule has 0 aliphatic carbocycles. The van der Waals surface area contributed by atoms with Gasteiger partial charge in [0.25, 0.3) is 5.78 Å². The number of halogens is 7. The zero-order valence-corrected chi connectivity index (χ0v) is 19.2. The molecular formula is C25H13ClF6N4O. The molecule has 0 N–H and O–H groups in total. The summed E-state index contributed by atoms with van der Waals surface area (Å²) in [5.41, 5.74) is -2.84. The van der Waals surface area contributed by atoms with Crippen LogP contribution >= 0.6 is 11.6 Å². The fourth-order valence-electron chi connectivity index (χ4n) is 3.39.